The Labute approximate surface area is 124 Å². The van der Waals surface area contributed by atoms with Crippen LogP contribution in [0.4, 0.5) is 4.79 Å². The maximum Gasteiger partial charge on any atom is 0.407 e. The van der Waals surface area contributed by atoms with E-state index in [1.807, 2.05) is 6.92 Å². The summed E-state index contributed by atoms with van der Waals surface area (Å²) in [6, 6.07) is -1.44. The van der Waals surface area contributed by atoms with Crippen molar-refractivity contribution >= 4 is 17.8 Å². The maximum absolute atomic E-state index is 12.1. The van der Waals surface area contributed by atoms with Crippen LogP contribution in [-0.4, -0.2) is 70.6 Å². The number of Topliss-reactive ketones (excluding diaryl/α,β-unsaturated/α-hetero) is 1. The lowest BCUT2D eigenvalue weighted by Crippen LogP contribution is -2.63. The predicted octanol–water partition coefficient (Wildman–Crippen LogP) is 0.970. The minimum Gasteiger partial charge on any atom is -0.465 e. The molecule has 0 bridgehead atoms. The molecule has 2 unspecified atom stereocenters. The van der Waals surface area contributed by atoms with Gasteiger partial charge in [0, 0.05) is 31.6 Å². The van der Waals surface area contributed by atoms with Gasteiger partial charge in [0.15, 0.2) is 11.8 Å². The second-order valence-electron chi connectivity index (χ2n) is 5.30. The third kappa shape index (κ3) is 3.93. The summed E-state index contributed by atoms with van der Waals surface area (Å²) in [6.45, 7) is 7.80. The van der Waals surface area contributed by atoms with Gasteiger partial charge in [-0.25, -0.2) is 9.59 Å². The molecule has 0 radical (unpaired) electrons. The van der Waals surface area contributed by atoms with Crippen LogP contribution in [0.1, 0.15) is 34.1 Å². The molecule has 0 spiro atoms. The Bertz CT molecular complexity index is 412. The average Bonchev–Trinajstić information content (AvgIpc) is 2.42. The van der Waals surface area contributed by atoms with E-state index in [1.54, 1.807) is 25.7 Å². The van der Waals surface area contributed by atoms with Gasteiger partial charge < -0.3 is 14.7 Å². The summed E-state index contributed by atoms with van der Waals surface area (Å²) < 4.78 is 5.01. The summed E-state index contributed by atoms with van der Waals surface area (Å²) in [6.07, 6.45) is -0.743. The number of carbonyl (C=O) groups excluding carboxylic acids is 2. The minimum absolute atomic E-state index is 0.198. The van der Waals surface area contributed by atoms with Gasteiger partial charge in [0.2, 0.25) is 0 Å². The molecule has 1 fully saturated rings. The number of rotatable bonds is 5. The number of hydrogen-bond donors (Lipinski definition) is 1. The van der Waals surface area contributed by atoms with E-state index in [0.717, 1.165) is 0 Å². The van der Waals surface area contributed by atoms with Crippen molar-refractivity contribution in [1.29, 1.82) is 0 Å². The molecule has 3 atom stereocenters. The Balaban J connectivity index is 2.95. The molecule has 7 nitrogen and oxygen atoms in total. The number of ether oxygens (including phenoxy) is 1. The lowest BCUT2D eigenvalue weighted by atomic mass is 10.0. The van der Waals surface area contributed by atoms with Gasteiger partial charge in [0.05, 0.1) is 6.61 Å². The van der Waals surface area contributed by atoms with E-state index >= 15 is 0 Å². The summed E-state index contributed by atoms with van der Waals surface area (Å²) in [5.41, 5.74) is 0. The molecule has 1 saturated heterocycles. The Morgan fingerprint density at radius 3 is 2.29 bits per heavy atom. The van der Waals surface area contributed by atoms with Gasteiger partial charge in [-0.1, -0.05) is 6.92 Å². The first kappa shape index (κ1) is 17.4. The summed E-state index contributed by atoms with van der Waals surface area (Å²) in [5, 5.41) is 9.15. The normalized spacial score (nSPS) is 24.5. The quantitative estimate of drug-likeness (QED) is 0.601. The molecule has 0 aromatic carbocycles. The van der Waals surface area contributed by atoms with Crippen LogP contribution in [0.3, 0.4) is 0 Å². The number of esters is 1. The van der Waals surface area contributed by atoms with E-state index < -0.39 is 18.1 Å². The van der Waals surface area contributed by atoms with Crippen molar-refractivity contribution in [3.05, 3.63) is 0 Å². The zero-order valence-electron chi connectivity index (χ0n) is 13.0. The van der Waals surface area contributed by atoms with Crippen molar-refractivity contribution in [2.24, 2.45) is 0 Å². The van der Waals surface area contributed by atoms with Gasteiger partial charge in [0.25, 0.3) is 0 Å². The van der Waals surface area contributed by atoms with E-state index in [-0.39, 0.29) is 37.4 Å². The van der Waals surface area contributed by atoms with E-state index in [1.165, 1.54) is 4.90 Å². The van der Waals surface area contributed by atoms with Crippen LogP contribution in [0.15, 0.2) is 0 Å². The van der Waals surface area contributed by atoms with Gasteiger partial charge in [-0.2, -0.15) is 0 Å². The summed E-state index contributed by atoms with van der Waals surface area (Å²) >= 11 is 0. The molecule has 0 aliphatic carbocycles. The van der Waals surface area contributed by atoms with Crippen molar-refractivity contribution in [2.75, 3.05) is 19.7 Å². The van der Waals surface area contributed by atoms with E-state index in [9.17, 15) is 14.4 Å². The zero-order chi connectivity index (χ0) is 16.2. The zero-order valence-corrected chi connectivity index (χ0v) is 13.0. The van der Waals surface area contributed by atoms with Crippen LogP contribution < -0.4 is 0 Å². The van der Waals surface area contributed by atoms with Crippen LogP contribution in [-0.2, 0) is 14.3 Å². The van der Waals surface area contributed by atoms with Crippen LogP contribution >= 0.6 is 0 Å². The van der Waals surface area contributed by atoms with Gasteiger partial charge in [0.1, 0.15) is 0 Å². The Morgan fingerprint density at radius 2 is 1.81 bits per heavy atom. The molecule has 1 N–H and O–H groups in total. The van der Waals surface area contributed by atoms with Crippen molar-refractivity contribution in [1.82, 2.24) is 9.80 Å². The van der Waals surface area contributed by atoms with Crippen LogP contribution in [0, 0.1) is 0 Å². The van der Waals surface area contributed by atoms with Gasteiger partial charge in [-0.3, -0.25) is 9.69 Å². The SMILES string of the molecule is CCOC(=O)C(C(=O)CC)N1C[C@H](C)N(C(=O)O)CC1C. The number of carboxylic acid groups (broad SMARTS) is 1. The third-order valence-electron chi connectivity index (χ3n) is 3.77. The summed E-state index contributed by atoms with van der Waals surface area (Å²) in [5.74, 6) is -0.747. The molecule has 21 heavy (non-hydrogen) atoms. The first-order valence-electron chi connectivity index (χ1n) is 7.28. The standard InChI is InChI=1S/C14H24N2O5/c1-5-11(17)12(13(18)21-6-2)15-7-10(4)16(14(19)20)8-9(15)3/h9-10,12H,5-8H2,1-4H3,(H,19,20)/t9?,10-,12?/m0/s1. The predicted molar refractivity (Wildman–Crippen MR) is 76.1 cm³/mol. The van der Waals surface area contributed by atoms with Crippen molar-refractivity contribution in [3.63, 3.8) is 0 Å². The second-order valence-corrected chi connectivity index (χ2v) is 5.30. The molecule has 1 aliphatic rings. The first-order valence-corrected chi connectivity index (χ1v) is 7.28. The number of ketones is 1. The van der Waals surface area contributed by atoms with E-state index in [2.05, 4.69) is 0 Å². The molecular weight excluding hydrogens is 276 g/mol. The number of amides is 1. The highest BCUT2D eigenvalue weighted by molar-refractivity contribution is 6.03. The van der Waals surface area contributed by atoms with E-state index in [0.29, 0.717) is 6.54 Å². The highest BCUT2D eigenvalue weighted by atomic mass is 16.5. The Morgan fingerprint density at radius 1 is 1.19 bits per heavy atom. The van der Waals surface area contributed by atoms with Crippen molar-refractivity contribution in [3.8, 4) is 0 Å². The Kier molecular flexibility index (Phi) is 6.14. The lowest BCUT2D eigenvalue weighted by Gasteiger charge is -2.44. The summed E-state index contributed by atoms with van der Waals surface area (Å²) in [7, 11) is 0. The summed E-state index contributed by atoms with van der Waals surface area (Å²) in [4.78, 5) is 38.5. The topological polar surface area (TPSA) is 87.2 Å². The molecule has 0 aromatic rings. The van der Waals surface area contributed by atoms with Crippen molar-refractivity contribution < 1.29 is 24.2 Å². The Hall–Kier alpha value is -1.63. The monoisotopic (exact) mass is 300 g/mol. The van der Waals surface area contributed by atoms with E-state index in [4.69, 9.17) is 9.84 Å². The largest absolute Gasteiger partial charge is 0.465 e. The van der Waals surface area contributed by atoms with Gasteiger partial charge in [-0.15, -0.1) is 0 Å². The van der Waals surface area contributed by atoms with Crippen LogP contribution in [0.5, 0.6) is 0 Å². The lowest BCUT2D eigenvalue weighted by molar-refractivity contribution is -0.156. The first-order chi connectivity index (χ1) is 9.83. The number of hydrogen-bond acceptors (Lipinski definition) is 5. The molecule has 1 rings (SSSR count). The molecule has 120 valence electrons. The second kappa shape index (κ2) is 7.40. The van der Waals surface area contributed by atoms with Crippen LogP contribution in [0.2, 0.25) is 0 Å². The van der Waals surface area contributed by atoms with Crippen molar-refractivity contribution in [2.45, 2.75) is 52.2 Å². The fourth-order valence-corrected chi connectivity index (χ4v) is 2.65. The maximum atomic E-state index is 12.1. The smallest absolute Gasteiger partial charge is 0.407 e. The average molecular weight is 300 g/mol. The third-order valence-corrected chi connectivity index (χ3v) is 3.77. The molecule has 1 heterocycles. The molecule has 1 aliphatic heterocycles. The van der Waals surface area contributed by atoms with Gasteiger partial charge in [-0.05, 0) is 20.8 Å². The molecule has 7 heteroatoms. The molecule has 0 saturated carbocycles. The fourth-order valence-electron chi connectivity index (χ4n) is 2.65. The van der Waals surface area contributed by atoms with Crippen LogP contribution in [0.25, 0.3) is 0 Å². The molecule has 1 amide bonds. The number of nitrogens with zero attached hydrogens (tertiary/aromatic N) is 2. The number of piperazine rings is 1. The van der Waals surface area contributed by atoms with Gasteiger partial charge >= 0.3 is 12.1 Å². The highest BCUT2D eigenvalue weighted by Gasteiger charge is 2.41. The fraction of sp³-hybridized carbons (Fsp3) is 0.786. The molecule has 0 aromatic heterocycles. The highest BCUT2D eigenvalue weighted by Crippen LogP contribution is 2.20. The molecular formula is C14H24N2O5. The number of carbonyl (C=O) groups is 3. The minimum atomic E-state index is -0.983.